The minimum atomic E-state index is -3.38. The average Bonchev–Trinajstić information content (AvgIpc) is 3.58. The van der Waals surface area contributed by atoms with Crippen LogP contribution in [0.3, 0.4) is 0 Å². The first-order valence-corrected chi connectivity index (χ1v) is 14.7. The second-order valence-corrected chi connectivity index (χ2v) is 11.9. The maximum Gasteiger partial charge on any atom is 0.200 e. The molecule has 188 valence electrons. The molecular weight excluding hydrogens is 500 g/mol. The molecule has 5 aromatic carbocycles. The van der Waals surface area contributed by atoms with Gasteiger partial charge in [0.05, 0.1) is 15.9 Å². The van der Waals surface area contributed by atoms with Gasteiger partial charge in [0, 0.05) is 50.2 Å². The summed E-state index contributed by atoms with van der Waals surface area (Å²) in [6.45, 7) is 0.679. The van der Waals surface area contributed by atoms with Gasteiger partial charge in [-0.3, -0.25) is 0 Å². The third-order valence-corrected chi connectivity index (χ3v) is 9.58. The predicted octanol–water partition coefficient (Wildman–Crippen LogP) is 7.89. The Balaban J connectivity index is 1.37. The SMILES string of the molecule is O=S1(=O)C=Cc2cccc(CCn3c4ccccc4c4cc5c(cc43)c3ccccc3n5-c3ccccc3)c21. The number of benzene rings is 5. The highest BCUT2D eigenvalue weighted by molar-refractivity contribution is 7.94. The first kappa shape index (κ1) is 22.4. The van der Waals surface area contributed by atoms with Crippen molar-refractivity contribution < 1.29 is 8.42 Å². The number of aryl methyl sites for hydroxylation is 2. The van der Waals surface area contributed by atoms with Gasteiger partial charge in [0.25, 0.3) is 0 Å². The molecule has 0 atom stereocenters. The number of para-hydroxylation sites is 3. The van der Waals surface area contributed by atoms with Gasteiger partial charge in [-0.15, -0.1) is 0 Å². The van der Waals surface area contributed by atoms with Crippen molar-refractivity contribution in [1.29, 1.82) is 0 Å². The summed E-state index contributed by atoms with van der Waals surface area (Å²) in [5, 5.41) is 6.14. The van der Waals surface area contributed by atoms with E-state index in [1.165, 1.54) is 38.0 Å². The minimum Gasteiger partial charge on any atom is -0.340 e. The lowest BCUT2D eigenvalue weighted by Gasteiger charge is -2.11. The predicted molar refractivity (Wildman–Crippen MR) is 160 cm³/mol. The van der Waals surface area contributed by atoms with E-state index in [9.17, 15) is 8.42 Å². The van der Waals surface area contributed by atoms with E-state index in [1.54, 1.807) is 6.08 Å². The van der Waals surface area contributed by atoms with Crippen molar-refractivity contribution in [3.05, 3.63) is 126 Å². The smallest absolute Gasteiger partial charge is 0.200 e. The summed E-state index contributed by atoms with van der Waals surface area (Å²) in [7, 11) is -3.38. The van der Waals surface area contributed by atoms with Gasteiger partial charge in [0.1, 0.15) is 0 Å². The lowest BCUT2D eigenvalue weighted by Crippen LogP contribution is -2.06. The number of aromatic nitrogens is 2. The molecule has 0 aliphatic carbocycles. The van der Waals surface area contributed by atoms with Gasteiger partial charge in [-0.1, -0.05) is 72.8 Å². The lowest BCUT2D eigenvalue weighted by molar-refractivity contribution is 0.603. The van der Waals surface area contributed by atoms with Crippen molar-refractivity contribution in [3.63, 3.8) is 0 Å². The van der Waals surface area contributed by atoms with Crippen LogP contribution < -0.4 is 0 Å². The zero-order chi connectivity index (χ0) is 26.1. The molecule has 8 rings (SSSR count). The van der Waals surface area contributed by atoms with Crippen molar-refractivity contribution in [2.24, 2.45) is 0 Å². The molecule has 2 aromatic heterocycles. The highest BCUT2D eigenvalue weighted by Gasteiger charge is 2.24. The molecule has 5 heteroatoms. The average molecular weight is 525 g/mol. The summed E-state index contributed by atoms with van der Waals surface area (Å²) in [4.78, 5) is 0.457. The molecular formula is C34H24N2O2S. The number of sulfone groups is 1. The van der Waals surface area contributed by atoms with Crippen molar-refractivity contribution >= 4 is 59.5 Å². The molecule has 3 heterocycles. The van der Waals surface area contributed by atoms with Gasteiger partial charge in [0.15, 0.2) is 0 Å². The van der Waals surface area contributed by atoms with E-state index in [2.05, 4.69) is 94.1 Å². The van der Waals surface area contributed by atoms with E-state index in [1.807, 2.05) is 24.3 Å². The molecule has 0 saturated carbocycles. The summed E-state index contributed by atoms with van der Waals surface area (Å²) < 4.78 is 30.2. The largest absolute Gasteiger partial charge is 0.340 e. The van der Waals surface area contributed by atoms with Crippen LogP contribution in [-0.4, -0.2) is 17.6 Å². The summed E-state index contributed by atoms with van der Waals surface area (Å²) in [5.41, 5.74) is 7.46. The second kappa shape index (κ2) is 8.19. The highest BCUT2D eigenvalue weighted by atomic mass is 32.2. The van der Waals surface area contributed by atoms with Crippen LogP contribution in [0, 0.1) is 0 Å². The van der Waals surface area contributed by atoms with Crippen LogP contribution in [0.15, 0.2) is 119 Å². The first-order valence-electron chi connectivity index (χ1n) is 13.1. The fourth-order valence-electron chi connectivity index (χ4n) is 6.35. The standard InChI is InChI=1S/C34H24N2O2S/c37-39(38)20-18-24-10-8-9-23(34(24)39)17-19-35-30-15-6-4-13-26(30)28-22-33-29(21-32(28)35)27-14-5-7-16-31(27)36(33)25-11-2-1-3-12-25/h1-16,18,20-22H,17,19H2. The summed E-state index contributed by atoms with van der Waals surface area (Å²) in [6.07, 6.45) is 2.33. The molecule has 0 fully saturated rings. The first-order chi connectivity index (χ1) is 19.1. The summed E-state index contributed by atoms with van der Waals surface area (Å²) in [6, 6.07) is 38.0. The van der Waals surface area contributed by atoms with Gasteiger partial charge in [-0.25, -0.2) is 8.42 Å². The molecule has 1 aliphatic heterocycles. The van der Waals surface area contributed by atoms with Gasteiger partial charge in [0.2, 0.25) is 9.84 Å². The molecule has 0 unspecified atom stereocenters. The molecule has 0 amide bonds. The van der Waals surface area contributed by atoms with Gasteiger partial charge in [-0.2, -0.15) is 0 Å². The molecule has 0 radical (unpaired) electrons. The maximum atomic E-state index is 12.8. The second-order valence-electron chi connectivity index (χ2n) is 10.2. The van der Waals surface area contributed by atoms with Crippen molar-refractivity contribution in [2.75, 3.05) is 0 Å². The molecule has 1 aliphatic rings. The van der Waals surface area contributed by atoms with Gasteiger partial charge in [-0.05, 0) is 60.0 Å². The normalized spacial score (nSPS) is 14.2. The Morgan fingerprint density at radius 2 is 1.26 bits per heavy atom. The third-order valence-electron chi connectivity index (χ3n) is 8.02. The minimum absolute atomic E-state index is 0.457. The van der Waals surface area contributed by atoms with E-state index in [0.717, 1.165) is 27.8 Å². The molecule has 7 aromatic rings. The van der Waals surface area contributed by atoms with E-state index in [4.69, 9.17) is 0 Å². The van der Waals surface area contributed by atoms with Crippen molar-refractivity contribution in [1.82, 2.24) is 9.13 Å². The number of hydrogen-bond acceptors (Lipinski definition) is 2. The quantitative estimate of drug-likeness (QED) is 0.235. The van der Waals surface area contributed by atoms with Gasteiger partial charge >= 0.3 is 0 Å². The number of rotatable bonds is 4. The molecule has 0 N–H and O–H groups in total. The summed E-state index contributed by atoms with van der Waals surface area (Å²) >= 11 is 0. The van der Waals surface area contributed by atoms with Crippen molar-refractivity contribution in [3.8, 4) is 5.69 Å². The van der Waals surface area contributed by atoms with Crippen LogP contribution in [-0.2, 0) is 22.8 Å². The topological polar surface area (TPSA) is 44.0 Å². The van der Waals surface area contributed by atoms with E-state index in [0.29, 0.717) is 17.9 Å². The zero-order valence-corrected chi connectivity index (χ0v) is 21.9. The summed E-state index contributed by atoms with van der Waals surface area (Å²) in [5.74, 6) is 0. The Kier molecular flexibility index (Phi) is 4.70. The van der Waals surface area contributed by atoms with Gasteiger partial charge < -0.3 is 9.13 Å². The van der Waals surface area contributed by atoms with Crippen LogP contribution >= 0.6 is 0 Å². The van der Waals surface area contributed by atoms with E-state index >= 15 is 0 Å². The van der Waals surface area contributed by atoms with Crippen LogP contribution in [0.5, 0.6) is 0 Å². The fraction of sp³-hybridized carbons (Fsp3) is 0.0588. The third kappa shape index (κ3) is 3.26. The Morgan fingerprint density at radius 3 is 2.08 bits per heavy atom. The molecule has 0 bridgehead atoms. The van der Waals surface area contributed by atoms with E-state index < -0.39 is 9.84 Å². The number of hydrogen-bond donors (Lipinski definition) is 0. The lowest BCUT2D eigenvalue weighted by atomic mass is 10.1. The maximum absolute atomic E-state index is 12.8. The zero-order valence-electron chi connectivity index (χ0n) is 21.1. The van der Waals surface area contributed by atoms with Crippen LogP contribution in [0.2, 0.25) is 0 Å². The molecule has 0 spiro atoms. The van der Waals surface area contributed by atoms with Crippen LogP contribution in [0.1, 0.15) is 11.1 Å². The van der Waals surface area contributed by atoms with Crippen molar-refractivity contribution in [2.45, 2.75) is 17.9 Å². The Labute approximate surface area is 226 Å². The Hall–Kier alpha value is -4.61. The van der Waals surface area contributed by atoms with Crippen LogP contribution in [0.25, 0.3) is 55.4 Å². The monoisotopic (exact) mass is 524 g/mol. The Morgan fingerprint density at radius 1 is 0.590 bits per heavy atom. The number of fused-ring (bicyclic) bond motifs is 7. The molecule has 4 nitrogen and oxygen atoms in total. The number of nitrogens with zero attached hydrogens (tertiary/aromatic N) is 2. The van der Waals surface area contributed by atoms with E-state index in [-0.39, 0.29) is 0 Å². The highest BCUT2D eigenvalue weighted by Crippen LogP contribution is 2.39. The molecule has 39 heavy (non-hydrogen) atoms. The fourth-order valence-corrected chi connectivity index (χ4v) is 7.81. The molecule has 0 saturated heterocycles. The van der Waals surface area contributed by atoms with Crippen LogP contribution in [0.4, 0.5) is 0 Å². The Bertz CT molecular complexity index is 2240.